The number of nitrogens with zero attached hydrogens (tertiary/aromatic N) is 2. The number of rotatable bonds is 5. The van der Waals surface area contributed by atoms with Crippen LogP contribution in [0.2, 0.25) is 5.15 Å². The van der Waals surface area contributed by atoms with Gasteiger partial charge in [0.25, 0.3) is 5.91 Å². The molecule has 118 valence electrons. The molecule has 0 radical (unpaired) electrons. The Morgan fingerprint density at radius 2 is 2.09 bits per heavy atom. The van der Waals surface area contributed by atoms with Gasteiger partial charge in [0.2, 0.25) is 5.91 Å². The van der Waals surface area contributed by atoms with Gasteiger partial charge in [0, 0.05) is 6.20 Å². The van der Waals surface area contributed by atoms with E-state index >= 15 is 0 Å². The lowest BCUT2D eigenvalue weighted by molar-refractivity contribution is -0.134. The Labute approximate surface area is 133 Å². The van der Waals surface area contributed by atoms with E-state index < -0.39 is 17.5 Å². The number of pyridine rings is 1. The third-order valence-corrected chi connectivity index (χ3v) is 4.09. The molecule has 22 heavy (non-hydrogen) atoms. The standard InChI is InChI=1S/C14H17ClN4O3/c1-3-14(4-2)12(21)19(13(22)18-14)8-10(20)17-9-6-5-7-16-11(9)15/h5-7H,3-4,8H2,1-2H3,(H,17,20)(H,18,22). The van der Waals surface area contributed by atoms with E-state index in [-0.39, 0.29) is 17.6 Å². The second kappa shape index (κ2) is 6.31. The predicted octanol–water partition coefficient (Wildman–Crippen LogP) is 1.78. The van der Waals surface area contributed by atoms with Gasteiger partial charge in [0.1, 0.15) is 12.1 Å². The molecule has 1 aromatic rings. The molecule has 0 spiro atoms. The van der Waals surface area contributed by atoms with Gasteiger partial charge < -0.3 is 10.6 Å². The number of carbonyl (C=O) groups is 3. The van der Waals surface area contributed by atoms with E-state index in [1.54, 1.807) is 12.1 Å². The van der Waals surface area contributed by atoms with Crippen molar-refractivity contribution in [1.29, 1.82) is 0 Å². The van der Waals surface area contributed by atoms with Crippen LogP contribution in [0.3, 0.4) is 0 Å². The first kappa shape index (κ1) is 16.2. The third-order valence-electron chi connectivity index (χ3n) is 3.79. The zero-order valence-electron chi connectivity index (χ0n) is 12.4. The summed E-state index contributed by atoms with van der Waals surface area (Å²) in [6, 6.07) is 2.65. The predicted molar refractivity (Wildman–Crippen MR) is 81.4 cm³/mol. The number of carbonyl (C=O) groups excluding carboxylic acids is 3. The summed E-state index contributed by atoms with van der Waals surface area (Å²) in [7, 11) is 0. The van der Waals surface area contributed by atoms with Crippen LogP contribution in [0.25, 0.3) is 0 Å². The van der Waals surface area contributed by atoms with Crippen molar-refractivity contribution in [1.82, 2.24) is 15.2 Å². The number of anilines is 1. The molecule has 1 aromatic heterocycles. The minimum atomic E-state index is -0.913. The molecule has 1 fully saturated rings. The van der Waals surface area contributed by atoms with Crippen LogP contribution in [0.15, 0.2) is 18.3 Å². The number of halogens is 1. The monoisotopic (exact) mass is 324 g/mol. The van der Waals surface area contributed by atoms with Crippen LogP contribution >= 0.6 is 11.6 Å². The topological polar surface area (TPSA) is 91.4 Å². The van der Waals surface area contributed by atoms with Crippen molar-refractivity contribution in [3.63, 3.8) is 0 Å². The van der Waals surface area contributed by atoms with Crippen molar-refractivity contribution < 1.29 is 14.4 Å². The summed E-state index contributed by atoms with van der Waals surface area (Å²) in [5.74, 6) is -0.892. The molecule has 2 rings (SSSR count). The number of urea groups is 1. The number of hydrogen-bond acceptors (Lipinski definition) is 4. The molecule has 1 aliphatic rings. The average molecular weight is 325 g/mol. The Hall–Kier alpha value is -2.15. The van der Waals surface area contributed by atoms with Gasteiger partial charge in [-0.1, -0.05) is 25.4 Å². The first-order valence-corrected chi connectivity index (χ1v) is 7.35. The highest BCUT2D eigenvalue weighted by atomic mass is 35.5. The highest BCUT2D eigenvalue weighted by Gasteiger charge is 2.49. The maximum absolute atomic E-state index is 12.4. The fraction of sp³-hybridized carbons (Fsp3) is 0.429. The zero-order valence-corrected chi connectivity index (χ0v) is 13.1. The summed E-state index contributed by atoms with van der Waals surface area (Å²) in [4.78, 5) is 41.1. The molecule has 0 unspecified atom stereocenters. The van der Waals surface area contributed by atoms with Gasteiger partial charge in [-0.3, -0.25) is 14.5 Å². The van der Waals surface area contributed by atoms with Crippen LogP contribution in [0.1, 0.15) is 26.7 Å². The zero-order chi connectivity index (χ0) is 16.3. The lowest BCUT2D eigenvalue weighted by atomic mass is 9.93. The van der Waals surface area contributed by atoms with Crippen molar-refractivity contribution in [3.05, 3.63) is 23.5 Å². The van der Waals surface area contributed by atoms with E-state index in [0.29, 0.717) is 18.5 Å². The maximum atomic E-state index is 12.4. The normalized spacial score (nSPS) is 16.6. The van der Waals surface area contributed by atoms with Crippen LogP contribution in [0.4, 0.5) is 10.5 Å². The van der Waals surface area contributed by atoms with E-state index in [9.17, 15) is 14.4 Å². The Balaban J connectivity index is 2.08. The second-order valence-corrected chi connectivity index (χ2v) is 5.36. The van der Waals surface area contributed by atoms with E-state index in [0.717, 1.165) is 4.90 Å². The number of imide groups is 1. The summed E-state index contributed by atoms with van der Waals surface area (Å²) in [5, 5.41) is 5.34. The SMILES string of the molecule is CCC1(CC)NC(=O)N(CC(=O)Nc2cccnc2Cl)C1=O. The molecule has 0 atom stereocenters. The minimum absolute atomic E-state index is 0.143. The van der Waals surface area contributed by atoms with Crippen LogP contribution in [0, 0.1) is 0 Å². The Morgan fingerprint density at radius 3 is 2.64 bits per heavy atom. The fourth-order valence-electron chi connectivity index (χ4n) is 2.36. The summed E-state index contributed by atoms with van der Waals surface area (Å²) >= 11 is 5.85. The van der Waals surface area contributed by atoms with Gasteiger partial charge in [-0.05, 0) is 25.0 Å². The molecule has 1 saturated heterocycles. The molecule has 1 aliphatic heterocycles. The number of hydrogen-bond donors (Lipinski definition) is 2. The van der Waals surface area contributed by atoms with Gasteiger partial charge in [-0.2, -0.15) is 0 Å². The summed E-state index contributed by atoms with van der Waals surface area (Å²) in [6.45, 7) is 3.28. The van der Waals surface area contributed by atoms with E-state index in [1.165, 1.54) is 6.20 Å². The highest BCUT2D eigenvalue weighted by molar-refractivity contribution is 6.32. The minimum Gasteiger partial charge on any atom is -0.323 e. The van der Waals surface area contributed by atoms with Gasteiger partial charge in [0.15, 0.2) is 5.15 Å². The van der Waals surface area contributed by atoms with Crippen molar-refractivity contribution in [2.24, 2.45) is 0 Å². The Kier molecular flexibility index (Phi) is 4.65. The quantitative estimate of drug-likeness (QED) is 0.638. The first-order chi connectivity index (χ1) is 10.4. The molecular formula is C14H17ClN4O3. The smallest absolute Gasteiger partial charge is 0.323 e. The molecule has 7 nitrogen and oxygen atoms in total. The van der Waals surface area contributed by atoms with E-state index in [2.05, 4.69) is 15.6 Å². The number of amides is 4. The number of nitrogens with one attached hydrogen (secondary N) is 2. The van der Waals surface area contributed by atoms with Crippen LogP contribution in [-0.4, -0.2) is 39.8 Å². The highest BCUT2D eigenvalue weighted by Crippen LogP contribution is 2.25. The van der Waals surface area contributed by atoms with Crippen molar-refractivity contribution in [2.75, 3.05) is 11.9 Å². The third kappa shape index (κ3) is 2.89. The molecule has 2 heterocycles. The summed E-state index contributed by atoms with van der Waals surface area (Å²) < 4.78 is 0. The van der Waals surface area contributed by atoms with Gasteiger partial charge in [0.05, 0.1) is 5.69 Å². The molecular weight excluding hydrogens is 308 g/mol. The van der Waals surface area contributed by atoms with E-state index in [1.807, 2.05) is 13.8 Å². The Morgan fingerprint density at radius 1 is 1.41 bits per heavy atom. The Bertz CT molecular complexity index is 616. The van der Waals surface area contributed by atoms with E-state index in [4.69, 9.17) is 11.6 Å². The van der Waals surface area contributed by atoms with Crippen molar-refractivity contribution in [2.45, 2.75) is 32.2 Å². The lowest BCUT2D eigenvalue weighted by Crippen LogP contribution is -2.46. The average Bonchev–Trinajstić information content (AvgIpc) is 2.74. The molecule has 0 aliphatic carbocycles. The molecule has 8 heteroatoms. The van der Waals surface area contributed by atoms with Crippen LogP contribution in [0.5, 0.6) is 0 Å². The van der Waals surface area contributed by atoms with Crippen molar-refractivity contribution >= 4 is 35.1 Å². The molecule has 4 amide bonds. The van der Waals surface area contributed by atoms with Gasteiger partial charge in [-0.25, -0.2) is 9.78 Å². The maximum Gasteiger partial charge on any atom is 0.325 e. The summed E-state index contributed by atoms with van der Waals surface area (Å²) in [6.07, 6.45) is 2.44. The first-order valence-electron chi connectivity index (χ1n) is 6.98. The molecule has 0 bridgehead atoms. The van der Waals surface area contributed by atoms with Gasteiger partial charge >= 0.3 is 6.03 Å². The fourth-order valence-corrected chi connectivity index (χ4v) is 2.53. The van der Waals surface area contributed by atoms with Gasteiger partial charge in [-0.15, -0.1) is 0 Å². The van der Waals surface area contributed by atoms with Crippen LogP contribution < -0.4 is 10.6 Å². The second-order valence-electron chi connectivity index (χ2n) is 5.00. The van der Waals surface area contributed by atoms with Crippen LogP contribution in [-0.2, 0) is 9.59 Å². The molecule has 0 saturated carbocycles. The lowest BCUT2D eigenvalue weighted by Gasteiger charge is -2.23. The molecule has 0 aromatic carbocycles. The number of aromatic nitrogens is 1. The molecule has 2 N–H and O–H groups in total. The largest absolute Gasteiger partial charge is 0.325 e. The van der Waals surface area contributed by atoms with Crippen molar-refractivity contribution in [3.8, 4) is 0 Å². The summed E-state index contributed by atoms with van der Waals surface area (Å²) in [5.41, 5.74) is -0.581.